The van der Waals surface area contributed by atoms with Crippen molar-refractivity contribution in [2.75, 3.05) is 13.1 Å². The van der Waals surface area contributed by atoms with E-state index in [9.17, 15) is 9.18 Å². The summed E-state index contributed by atoms with van der Waals surface area (Å²) in [4.78, 5) is 13.4. The number of thioether (sulfide) groups is 1. The number of halogens is 1. The normalized spacial score (nSPS) is 17.8. The van der Waals surface area contributed by atoms with Crippen LogP contribution in [0, 0.1) is 5.82 Å². The van der Waals surface area contributed by atoms with E-state index in [2.05, 4.69) is 22.8 Å². The topological polar surface area (TPSA) is 41.1 Å². The Labute approximate surface area is 158 Å². The lowest BCUT2D eigenvalue weighted by Gasteiger charge is -2.23. The first-order chi connectivity index (χ1) is 12.7. The summed E-state index contributed by atoms with van der Waals surface area (Å²) in [7, 11) is 0. The van der Waals surface area contributed by atoms with E-state index in [1.165, 1.54) is 17.7 Å². The summed E-state index contributed by atoms with van der Waals surface area (Å²) in [6.45, 7) is 1.65. The van der Waals surface area contributed by atoms with Crippen molar-refractivity contribution in [1.29, 1.82) is 0 Å². The molecule has 1 heterocycles. The molecule has 26 heavy (non-hydrogen) atoms. The molecule has 2 aromatic rings. The Morgan fingerprint density at radius 1 is 1.19 bits per heavy atom. The average Bonchev–Trinajstić information content (AvgIpc) is 3.19. The van der Waals surface area contributed by atoms with Crippen LogP contribution in [0.1, 0.15) is 24.8 Å². The maximum atomic E-state index is 13.1. The summed E-state index contributed by atoms with van der Waals surface area (Å²) < 4.78 is 13.1. The van der Waals surface area contributed by atoms with Crippen molar-refractivity contribution < 1.29 is 9.18 Å². The van der Waals surface area contributed by atoms with Gasteiger partial charge in [-0.1, -0.05) is 30.3 Å². The Morgan fingerprint density at radius 3 is 2.65 bits per heavy atom. The van der Waals surface area contributed by atoms with E-state index in [0.717, 1.165) is 30.7 Å². The van der Waals surface area contributed by atoms with Crippen LogP contribution in [0.15, 0.2) is 59.5 Å². The molecule has 2 N–H and O–H groups in total. The molecule has 3 rings (SSSR count). The molecule has 0 bridgehead atoms. The lowest BCUT2D eigenvalue weighted by atomic mass is 10.1. The third-order valence-electron chi connectivity index (χ3n) is 4.61. The minimum Gasteiger partial charge on any atom is -0.356 e. The summed E-state index contributed by atoms with van der Waals surface area (Å²) in [6.07, 6.45) is 3.52. The molecule has 5 heteroatoms. The fourth-order valence-electron chi connectivity index (χ4n) is 3.23. The highest BCUT2D eigenvalue weighted by molar-refractivity contribution is 8.00. The molecule has 1 aliphatic heterocycles. The lowest BCUT2D eigenvalue weighted by Crippen LogP contribution is -2.37. The highest BCUT2D eigenvalue weighted by Crippen LogP contribution is 2.30. The molecule has 1 saturated heterocycles. The summed E-state index contributed by atoms with van der Waals surface area (Å²) in [5.41, 5.74) is 1.22. The van der Waals surface area contributed by atoms with E-state index in [1.807, 2.05) is 18.2 Å². The molecule has 1 fully saturated rings. The second-order valence-corrected chi connectivity index (χ2v) is 7.92. The van der Waals surface area contributed by atoms with E-state index in [-0.39, 0.29) is 17.0 Å². The van der Waals surface area contributed by atoms with Gasteiger partial charge in [-0.2, -0.15) is 0 Å². The van der Waals surface area contributed by atoms with Gasteiger partial charge in [0.1, 0.15) is 5.82 Å². The molecule has 3 nitrogen and oxygen atoms in total. The van der Waals surface area contributed by atoms with Gasteiger partial charge in [0.15, 0.2) is 0 Å². The Kier molecular flexibility index (Phi) is 7.09. The monoisotopic (exact) mass is 372 g/mol. The molecule has 2 atom stereocenters. The lowest BCUT2D eigenvalue weighted by molar-refractivity contribution is -0.121. The van der Waals surface area contributed by atoms with Crippen molar-refractivity contribution in [3.8, 4) is 0 Å². The molecular weight excluding hydrogens is 347 g/mol. The van der Waals surface area contributed by atoms with Crippen LogP contribution in [0.4, 0.5) is 4.39 Å². The van der Waals surface area contributed by atoms with Gasteiger partial charge in [0.25, 0.3) is 0 Å². The number of amides is 1. The quantitative estimate of drug-likeness (QED) is 0.693. The van der Waals surface area contributed by atoms with Crippen LogP contribution in [0.2, 0.25) is 0 Å². The minimum atomic E-state index is -0.233. The Morgan fingerprint density at radius 2 is 1.96 bits per heavy atom. The van der Waals surface area contributed by atoms with Gasteiger partial charge >= 0.3 is 0 Å². The van der Waals surface area contributed by atoms with E-state index in [1.54, 1.807) is 23.9 Å². The summed E-state index contributed by atoms with van der Waals surface area (Å²) in [6, 6.07) is 17.0. The number of nitrogens with one attached hydrogen (secondary N) is 2. The predicted molar refractivity (Wildman–Crippen MR) is 105 cm³/mol. The Balaban J connectivity index is 1.52. The molecule has 1 amide bonds. The van der Waals surface area contributed by atoms with Gasteiger partial charge in [-0.05, 0) is 55.6 Å². The van der Waals surface area contributed by atoms with Crippen LogP contribution >= 0.6 is 11.8 Å². The first-order valence-corrected chi connectivity index (χ1v) is 10.0. The number of carbonyl (C=O) groups is 1. The first-order valence-electron chi connectivity index (χ1n) is 9.17. The van der Waals surface area contributed by atoms with Gasteiger partial charge < -0.3 is 10.6 Å². The SMILES string of the molecule is O=C(CC(Sc1ccc(F)cc1)C1CCCN1)NCCc1ccccc1. The highest BCUT2D eigenvalue weighted by Gasteiger charge is 2.27. The summed E-state index contributed by atoms with van der Waals surface area (Å²) in [5, 5.41) is 6.69. The van der Waals surface area contributed by atoms with Crippen LogP contribution in [0.3, 0.4) is 0 Å². The number of hydrogen-bond donors (Lipinski definition) is 2. The van der Waals surface area contributed by atoms with Gasteiger partial charge in [-0.25, -0.2) is 4.39 Å². The number of hydrogen-bond acceptors (Lipinski definition) is 3. The van der Waals surface area contributed by atoms with Crippen LogP contribution < -0.4 is 10.6 Å². The largest absolute Gasteiger partial charge is 0.356 e. The van der Waals surface area contributed by atoms with Crippen molar-refractivity contribution in [2.24, 2.45) is 0 Å². The van der Waals surface area contributed by atoms with E-state index in [0.29, 0.717) is 19.0 Å². The van der Waals surface area contributed by atoms with Gasteiger partial charge in [-0.15, -0.1) is 11.8 Å². The summed E-state index contributed by atoms with van der Waals surface area (Å²) >= 11 is 1.66. The van der Waals surface area contributed by atoms with Gasteiger partial charge in [-0.3, -0.25) is 4.79 Å². The maximum absolute atomic E-state index is 13.1. The molecular formula is C21H25FN2OS. The van der Waals surface area contributed by atoms with Crippen LogP contribution in [0.25, 0.3) is 0 Å². The van der Waals surface area contributed by atoms with E-state index in [4.69, 9.17) is 0 Å². The highest BCUT2D eigenvalue weighted by atomic mass is 32.2. The zero-order chi connectivity index (χ0) is 18.2. The molecule has 2 aromatic carbocycles. The van der Waals surface area contributed by atoms with Crippen LogP contribution in [-0.4, -0.2) is 30.3 Å². The van der Waals surface area contributed by atoms with Gasteiger partial charge in [0, 0.05) is 29.2 Å². The molecule has 0 spiro atoms. The molecule has 2 unspecified atom stereocenters. The maximum Gasteiger partial charge on any atom is 0.221 e. The summed E-state index contributed by atoms with van der Waals surface area (Å²) in [5.74, 6) is -0.155. The van der Waals surface area contributed by atoms with Gasteiger partial charge in [0.2, 0.25) is 5.91 Å². The van der Waals surface area contributed by atoms with Gasteiger partial charge in [0.05, 0.1) is 0 Å². The molecule has 0 aliphatic carbocycles. The Hall–Kier alpha value is -1.85. The molecule has 0 radical (unpaired) electrons. The zero-order valence-corrected chi connectivity index (χ0v) is 15.6. The molecule has 138 valence electrons. The fourth-order valence-corrected chi connectivity index (χ4v) is 4.50. The second-order valence-electron chi connectivity index (χ2n) is 6.60. The van der Waals surface area contributed by atoms with Crippen LogP contribution in [-0.2, 0) is 11.2 Å². The van der Waals surface area contributed by atoms with E-state index < -0.39 is 0 Å². The third-order valence-corrected chi connectivity index (χ3v) is 5.96. The molecule has 0 aromatic heterocycles. The van der Waals surface area contributed by atoms with Crippen molar-refractivity contribution in [3.05, 3.63) is 66.0 Å². The van der Waals surface area contributed by atoms with Crippen molar-refractivity contribution in [3.63, 3.8) is 0 Å². The zero-order valence-electron chi connectivity index (χ0n) is 14.8. The predicted octanol–water partition coefficient (Wildman–Crippen LogP) is 3.79. The molecule has 0 saturated carbocycles. The Bertz CT molecular complexity index is 687. The fraction of sp³-hybridized carbons (Fsp3) is 0.381. The first kappa shape index (κ1) is 18.9. The van der Waals surface area contributed by atoms with Crippen LogP contribution in [0.5, 0.6) is 0 Å². The molecule has 1 aliphatic rings. The van der Waals surface area contributed by atoms with Crippen molar-refractivity contribution in [2.45, 2.75) is 41.9 Å². The van der Waals surface area contributed by atoms with E-state index >= 15 is 0 Å². The second kappa shape index (κ2) is 9.74. The number of benzene rings is 2. The average molecular weight is 373 g/mol. The third kappa shape index (κ3) is 5.85. The smallest absolute Gasteiger partial charge is 0.221 e. The van der Waals surface area contributed by atoms with Crippen molar-refractivity contribution in [1.82, 2.24) is 10.6 Å². The standard InChI is InChI=1S/C21H25FN2OS/c22-17-8-10-18(11-9-17)26-20(19-7-4-13-23-19)15-21(25)24-14-12-16-5-2-1-3-6-16/h1-3,5-6,8-11,19-20,23H,4,7,12-15H2,(H,24,25). The van der Waals surface area contributed by atoms with Crippen molar-refractivity contribution >= 4 is 17.7 Å². The number of carbonyl (C=O) groups excluding carboxylic acids is 1. The minimum absolute atomic E-state index is 0.0780. The number of rotatable bonds is 8.